The lowest BCUT2D eigenvalue weighted by molar-refractivity contribution is 0.0894. The Bertz CT molecular complexity index is 889. The highest BCUT2D eigenvalue weighted by atomic mass is 35.5. The molecule has 27 heavy (non-hydrogen) atoms. The Labute approximate surface area is 163 Å². The second-order valence-corrected chi connectivity index (χ2v) is 6.72. The molecule has 0 spiro atoms. The largest absolute Gasteiger partial charge is 0.383 e. The van der Waals surface area contributed by atoms with Crippen LogP contribution in [0.5, 0.6) is 0 Å². The molecular formula is C21H22ClN3O2. The molecule has 1 heterocycles. The monoisotopic (exact) mass is 383 g/mol. The summed E-state index contributed by atoms with van der Waals surface area (Å²) in [4.78, 5) is 12.4. The van der Waals surface area contributed by atoms with Gasteiger partial charge in [0.1, 0.15) is 0 Å². The number of hydrogen-bond donors (Lipinski definition) is 2. The van der Waals surface area contributed by atoms with Crippen LogP contribution in [0.4, 0.5) is 0 Å². The number of H-pyrrole nitrogens is 1. The van der Waals surface area contributed by atoms with Crippen LogP contribution in [0.25, 0.3) is 22.5 Å². The lowest BCUT2D eigenvalue weighted by atomic mass is 10.1. The van der Waals surface area contributed by atoms with E-state index in [0.717, 1.165) is 28.9 Å². The summed E-state index contributed by atoms with van der Waals surface area (Å²) in [5.41, 5.74) is 4.29. The molecular weight excluding hydrogens is 362 g/mol. The highest BCUT2D eigenvalue weighted by Gasteiger charge is 2.13. The number of halogens is 1. The van der Waals surface area contributed by atoms with Crippen molar-refractivity contribution in [3.05, 3.63) is 65.2 Å². The van der Waals surface area contributed by atoms with Crippen LogP contribution in [0, 0.1) is 0 Å². The number of amides is 1. The number of rotatable bonds is 7. The molecule has 6 heteroatoms. The molecule has 0 fully saturated rings. The van der Waals surface area contributed by atoms with Gasteiger partial charge in [-0.25, -0.2) is 0 Å². The average molecular weight is 384 g/mol. The Morgan fingerprint density at radius 1 is 1.15 bits per heavy atom. The van der Waals surface area contributed by atoms with Gasteiger partial charge >= 0.3 is 0 Å². The number of aromatic amines is 1. The average Bonchev–Trinajstić information content (AvgIpc) is 3.18. The minimum absolute atomic E-state index is 0.00968. The summed E-state index contributed by atoms with van der Waals surface area (Å²) in [6.45, 7) is 2.52. The van der Waals surface area contributed by atoms with Crippen molar-refractivity contribution in [2.24, 2.45) is 0 Å². The molecule has 1 unspecified atom stereocenters. The molecule has 5 nitrogen and oxygen atoms in total. The van der Waals surface area contributed by atoms with Gasteiger partial charge in [-0.15, -0.1) is 0 Å². The number of nitrogens with zero attached hydrogens (tertiary/aromatic N) is 1. The van der Waals surface area contributed by atoms with E-state index in [0.29, 0.717) is 17.2 Å². The predicted molar refractivity (Wildman–Crippen MR) is 108 cm³/mol. The van der Waals surface area contributed by atoms with Gasteiger partial charge in [-0.2, -0.15) is 5.10 Å². The van der Waals surface area contributed by atoms with Crippen LogP contribution in [0.2, 0.25) is 5.02 Å². The van der Waals surface area contributed by atoms with Gasteiger partial charge in [-0.1, -0.05) is 42.8 Å². The molecule has 2 N–H and O–H groups in total. The van der Waals surface area contributed by atoms with Gasteiger partial charge < -0.3 is 10.1 Å². The number of benzene rings is 2. The molecule has 0 saturated heterocycles. The lowest BCUT2D eigenvalue weighted by Gasteiger charge is -2.15. The van der Waals surface area contributed by atoms with Crippen LogP contribution in [-0.2, 0) is 4.74 Å². The molecule has 0 aliphatic carbocycles. The van der Waals surface area contributed by atoms with Crippen molar-refractivity contribution in [3.63, 3.8) is 0 Å². The number of nitrogens with one attached hydrogen (secondary N) is 2. The van der Waals surface area contributed by atoms with Crippen molar-refractivity contribution in [3.8, 4) is 22.5 Å². The van der Waals surface area contributed by atoms with Gasteiger partial charge in [-0.05, 0) is 42.3 Å². The minimum atomic E-state index is -0.102. The zero-order valence-electron chi connectivity index (χ0n) is 15.3. The molecule has 1 atom stereocenters. The predicted octanol–water partition coefficient (Wildman–Crippen LogP) is 4.55. The number of hydrogen-bond acceptors (Lipinski definition) is 3. The fraction of sp³-hybridized carbons (Fsp3) is 0.238. The number of carbonyl (C=O) groups excluding carboxylic acids is 1. The minimum Gasteiger partial charge on any atom is -0.383 e. The molecule has 3 aromatic rings. The van der Waals surface area contributed by atoms with Crippen LogP contribution in [0.1, 0.15) is 23.7 Å². The molecule has 0 bridgehead atoms. The van der Waals surface area contributed by atoms with Crippen molar-refractivity contribution in [1.29, 1.82) is 0 Å². The smallest absolute Gasteiger partial charge is 0.251 e. The van der Waals surface area contributed by atoms with Crippen molar-refractivity contribution in [2.75, 3.05) is 13.7 Å². The first-order chi connectivity index (χ1) is 13.1. The van der Waals surface area contributed by atoms with Gasteiger partial charge in [0.25, 0.3) is 5.91 Å². The molecule has 2 aromatic carbocycles. The fourth-order valence-electron chi connectivity index (χ4n) is 2.77. The highest BCUT2D eigenvalue weighted by molar-refractivity contribution is 6.30. The number of aromatic nitrogens is 2. The summed E-state index contributed by atoms with van der Waals surface area (Å²) < 4.78 is 5.12. The van der Waals surface area contributed by atoms with Gasteiger partial charge in [0.05, 0.1) is 24.0 Å². The van der Waals surface area contributed by atoms with Crippen LogP contribution in [0.3, 0.4) is 0 Å². The topological polar surface area (TPSA) is 67.0 Å². The Morgan fingerprint density at radius 3 is 2.44 bits per heavy atom. The second-order valence-electron chi connectivity index (χ2n) is 6.29. The number of ether oxygens (including phenoxy) is 1. The first kappa shape index (κ1) is 19.1. The lowest BCUT2D eigenvalue weighted by Crippen LogP contribution is -2.37. The van der Waals surface area contributed by atoms with E-state index in [1.54, 1.807) is 19.2 Å². The van der Waals surface area contributed by atoms with Crippen LogP contribution in [-0.4, -0.2) is 35.9 Å². The van der Waals surface area contributed by atoms with Crippen LogP contribution >= 0.6 is 11.6 Å². The Balaban J connectivity index is 1.72. The Hall–Kier alpha value is -2.63. The molecule has 1 amide bonds. The van der Waals surface area contributed by atoms with E-state index >= 15 is 0 Å². The zero-order valence-corrected chi connectivity index (χ0v) is 16.1. The normalized spacial score (nSPS) is 12.0. The quantitative estimate of drug-likeness (QED) is 0.628. The van der Waals surface area contributed by atoms with Crippen LogP contribution < -0.4 is 5.32 Å². The van der Waals surface area contributed by atoms with E-state index in [1.165, 1.54) is 0 Å². The Morgan fingerprint density at radius 2 is 1.81 bits per heavy atom. The van der Waals surface area contributed by atoms with Crippen molar-refractivity contribution in [2.45, 2.75) is 19.4 Å². The van der Waals surface area contributed by atoms with Gasteiger partial charge in [0.2, 0.25) is 0 Å². The van der Waals surface area contributed by atoms with Gasteiger partial charge in [0, 0.05) is 23.3 Å². The maximum atomic E-state index is 12.4. The second kappa shape index (κ2) is 8.84. The van der Waals surface area contributed by atoms with Gasteiger partial charge in [-0.3, -0.25) is 9.89 Å². The van der Waals surface area contributed by atoms with E-state index < -0.39 is 0 Å². The standard InChI is InChI=1S/C21H22ClN3O2/c1-3-18(13-27-2)23-21(26)16-6-4-14(5-7-16)19-12-20(25-24-19)15-8-10-17(22)11-9-15/h4-12,18H,3,13H2,1-2H3,(H,23,26)(H,24,25). The zero-order chi connectivity index (χ0) is 19.2. The molecule has 140 valence electrons. The third-order valence-electron chi connectivity index (χ3n) is 4.37. The third-order valence-corrected chi connectivity index (χ3v) is 4.62. The van der Waals surface area contributed by atoms with Crippen molar-refractivity contribution < 1.29 is 9.53 Å². The van der Waals surface area contributed by atoms with Crippen LogP contribution in [0.15, 0.2) is 54.6 Å². The number of methoxy groups -OCH3 is 1. The van der Waals surface area contributed by atoms with Crippen molar-refractivity contribution >= 4 is 17.5 Å². The third kappa shape index (κ3) is 4.76. The summed E-state index contributed by atoms with van der Waals surface area (Å²) in [5, 5.41) is 11.1. The maximum Gasteiger partial charge on any atom is 0.251 e. The van der Waals surface area contributed by atoms with E-state index in [2.05, 4.69) is 15.5 Å². The highest BCUT2D eigenvalue weighted by Crippen LogP contribution is 2.25. The SMILES string of the molecule is CCC(COC)NC(=O)c1ccc(-c2cc(-c3ccc(Cl)cc3)[nH]n2)cc1. The Kier molecular flexibility index (Phi) is 6.27. The first-order valence-electron chi connectivity index (χ1n) is 8.82. The van der Waals surface area contributed by atoms with E-state index in [9.17, 15) is 4.79 Å². The first-order valence-corrected chi connectivity index (χ1v) is 9.20. The number of carbonyl (C=O) groups is 1. The maximum absolute atomic E-state index is 12.4. The summed E-state index contributed by atoms with van der Waals surface area (Å²) in [6.07, 6.45) is 0.818. The summed E-state index contributed by atoms with van der Waals surface area (Å²) in [7, 11) is 1.63. The molecule has 0 saturated carbocycles. The van der Waals surface area contributed by atoms with E-state index in [1.807, 2.05) is 49.4 Å². The van der Waals surface area contributed by atoms with Gasteiger partial charge in [0.15, 0.2) is 0 Å². The summed E-state index contributed by atoms with van der Waals surface area (Å²) >= 11 is 5.93. The molecule has 0 aliphatic rings. The summed E-state index contributed by atoms with van der Waals surface area (Å²) in [5.74, 6) is -0.102. The molecule has 0 aliphatic heterocycles. The molecule has 1 aromatic heterocycles. The molecule has 3 rings (SSSR count). The fourth-order valence-corrected chi connectivity index (χ4v) is 2.90. The summed E-state index contributed by atoms with van der Waals surface area (Å²) in [6, 6.07) is 17.0. The molecule has 0 radical (unpaired) electrons. The van der Waals surface area contributed by atoms with E-state index in [-0.39, 0.29) is 11.9 Å². The van der Waals surface area contributed by atoms with E-state index in [4.69, 9.17) is 16.3 Å². The van der Waals surface area contributed by atoms with Crippen molar-refractivity contribution in [1.82, 2.24) is 15.5 Å².